The number of aliphatic imine (C=N–C) groups is 1. The zero-order valence-electron chi connectivity index (χ0n) is 14.6. The zero-order chi connectivity index (χ0) is 17.7. The molecule has 0 saturated carbocycles. The quantitative estimate of drug-likeness (QED) is 0.313. The SMILES string of the molecule is CN=C(NCCCCn1ccccc1=O)NCCSc1ccccc1. The lowest BCUT2D eigenvalue weighted by atomic mass is 10.3. The van der Waals surface area contributed by atoms with Gasteiger partial charge in [-0.05, 0) is 31.0 Å². The van der Waals surface area contributed by atoms with E-state index in [-0.39, 0.29) is 5.56 Å². The molecule has 0 aliphatic heterocycles. The van der Waals surface area contributed by atoms with Crippen LogP contribution in [-0.2, 0) is 6.54 Å². The smallest absolute Gasteiger partial charge is 0.250 e. The molecule has 1 heterocycles. The molecule has 2 rings (SSSR count). The van der Waals surface area contributed by atoms with E-state index in [9.17, 15) is 4.79 Å². The van der Waals surface area contributed by atoms with Crippen molar-refractivity contribution in [2.24, 2.45) is 4.99 Å². The minimum absolute atomic E-state index is 0.0591. The van der Waals surface area contributed by atoms with Crippen molar-refractivity contribution < 1.29 is 0 Å². The fraction of sp³-hybridized carbons (Fsp3) is 0.368. The van der Waals surface area contributed by atoms with E-state index in [1.165, 1.54) is 4.90 Å². The van der Waals surface area contributed by atoms with Crippen LogP contribution in [-0.4, -0.2) is 36.4 Å². The minimum atomic E-state index is 0.0591. The monoisotopic (exact) mass is 358 g/mol. The number of aryl methyl sites for hydroxylation is 1. The van der Waals surface area contributed by atoms with Crippen LogP contribution >= 0.6 is 11.8 Å². The van der Waals surface area contributed by atoms with Crippen molar-refractivity contribution in [2.45, 2.75) is 24.3 Å². The molecule has 0 bridgehead atoms. The van der Waals surface area contributed by atoms with Gasteiger partial charge in [0.25, 0.3) is 0 Å². The van der Waals surface area contributed by atoms with Crippen LogP contribution in [0.25, 0.3) is 0 Å². The molecule has 0 unspecified atom stereocenters. The van der Waals surface area contributed by atoms with Gasteiger partial charge in [0.05, 0.1) is 0 Å². The summed E-state index contributed by atoms with van der Waals surface area (Å²) in [7, 11) is 1.78. The molecule has 0 aliphatic rings. The minimum Gasteiger partial charge on any atom is -0.356 e. The number of hydrogen-bond donors (Lipinski definition) is 2. The van der Waals surface area contributed by atoms with E-state index in [2.05, 4.69) is 39.9 Å². The topological polar surface area (TPSA) is 58.4 Å². The number of hydrogen-bond acceptors (Lipinski definition) is 3. The lowest BCUT2D eigenvalue weighted by Gasteiger charge is -2.12. The fourth-order valence-electron chi connectivity index (χ4n) is 2.33. The van der Waals surface area contributed by atoms with Gasteiger partial charge in [-0.15, -0.1) is 11.8 Å². The number of thioether (sulfide) groups is 1. The number of pyridine rings is 1. The average Bonchev–Trinajstić information content (AvgIpc) is 2.65. The zero-order valence-corrected chi connectivity index (χ0v) is 15.5. The molecule has 1 aromatic carbocycles. The van der Waals surface area contributed by atoms with E-state index in [1.54, 1.807) is 23.7 Å². The summed E-state index contributed by atoms with van der Waals surface area (Å²) in [6.07, 6.45) is 3.78. The summed E-state index contributed by atoms with van der Waals surface area (Å²) in [6, 6.07) is 15.6. The van der Waals surface area contributed by atoms with Gasteiger partial charge in [-0.2, -0.15) is 0 Å². The normalized spacial score (nSPS) is 11.3. The number of nitrogens with one attached hydrogen (secondary N) is 2. The number of rotatable bonds is 9. The van der Waals surface area contributed by atoms with E-state index < -0.39 is 0 Å². The van der Waals surface area contributed by atoms with Crippen LogP contribution in [0.2, 0.25) is 0 Å². The number of nitrogens with zero attached hydrogens (tertiary/aromatic N) is 2. The highest BCUT2D eigenvalue weighted by atomic mass is 32.2. The van der Waals surface area contributed by atoms with Gasteiger partial charge in [0.2, 0.25) is 5.56 Å². The van der Waals surface area contributed by atoms with Gasteiger partial charge >= 0.3 is 0 Å². The average molecular weight is 359 g/mol. The Hall–Kier alpha value is -2.21. The molecule has 0 aliphatic carbocycles. The van der Waals surface area contributed by atoms with Gasteiger partial charge in [0.15, 0.2) is 5.96 Å². The van der Waals surface area contributed by atoms with Gasteiger partial charge < -0.3 is 15.2 Å². The van der Waals surface area contributed by atoms with Crippen molar-refractivity contribution in [2.75, 3.05) is 25.9 Å². The summed E-state index contributed by atoms with van der Waals surface area (Å²) in [5, 5.41) is 6.63. The molecule has 2 N–H and O–H groups in total. The third-order valence-electron chi connectivity index (χ3n) is 3.65. The first-order chi connectivity index (χ1) is 12.3. The van der Waals surface area contributed by atoms with Gasteiger partial charge in [-0.3, -0.25) is 9.79 Å². The number of guanidine groups is 1. The van der Waals surface area contributed by atoms with E-state index >= 15 is 0 Å². The van der Waals surface area contributed by atoms with Gasteiger partial charge in [-0.25, -0.2) is 0 Å². The van der Waals surface area contributed by atoms with Crippen LogP contribution in [0.15, 0.2) is 69.4 Å². The molecule has 0 amide bonds. The first kappa shape index (κ1) is 19.1. The Labute approximate surface area is 153 Å². The Morgan fingerprint density at radius 2 is 1.80 bits per heavy atom. The molecule has 25 heavy (non-hydrogen) atoms. The maximum Gasteiger partial charge on any atom is 0.250 e. The second-order valence-corrected chi connectivity index (χ2v) is 6.69. The van der Waals surface area contributed by atoms with Crippen molar-refractivity contribution >= 4 is 17.7 Å². The van der Waals surface area contributed by atoms with Crippen molar-refractivity contribution in [3.63, 3.8) is 0 Å². The lowest BCUT2D eigenvalue weighted by molar-refractivity contribution is 0.586. The molecule has 6 heteroatoms. The summed E-state index contributed by atoms with van der Waals surface area (Å²) in [5.74, 6) is 1.81. The summed E-state index contributed by atoms with van der Waals surface area (Å²) in [6.45, 7) is 2.45. The standard InChI is InChI=1S/C19H26N4OS/c1-20-19(22-13-16-25-17-9-3-2-4-10-17)21-12-6-8-15-23-14-7-5-11-18(23)24/h2-5,7,9-11,14H,6,8,12-13,15-16H2,1H3,(H2,20,21,22). The summed E-state index contributed by atoms with van der Waals surface area (Å²) >= 11 is 1.83. The molecule has 5 nitrogen and oxygen atoms in total. The number of benzene rings is 1. The summed E-state index contributed by atoms with van der Waals surface area (Å²) < 4.78 is 1.74. The van der Waals surface area contributed by atoms with Crippen LogP contribution in [0.3, 0.4) is 0 Å². The van der Waals surface area contributed by atoms with Gasteiger partial charge in [-0.1, -0.05) is 24.3 Å². The molecule has 0 radical (unpaired) electrons. The predicted molar refractivity (Wildman–Crippen MR) is 106 cm³/mol. The number of aromatic nitrogens is 1. The van der Waals surface area contributed by atoms with Crippen molar-refractivity contribution in [1.82, 2.24) is 15.2 Å². The van der Waals surface area contributed by atoms with E-state index in [0.717, 1.165) is 44.2 Å². The fourth-order valence-corrected chi connectivity index (χ4v) is 3.12. The van der Waals surface area contributed by atoms with E-state index in [1.807, 2.05) is 30.1 Å². The Balaban J connectivity index is 1.56. The highest BCUT2D eigenvalue weighted by molar-refractivity contribution is 7.99. The maximum atomic E-state index is 11.6. The van der Waals surface area contributed by atoms with Crippen LogP contribution in [0.1, 0.15) is 12.8 Å². The molecular weight excluding hydrogens is 332 g/mol. The van der Waals surface area contributed by atoms with Crippen LogP contribution in [0.5, 0.6) is 0 Å². The molecule has 134 valence electrons. The van der Waals surface area contributed by atoms with Gasteiger partial charge in [0, 0.05) is 49.6 Å². The van der Waals surface area contributed by atoms with Crippen LogP contribution in [0.4, 0.5) is 0 Å². The summed E-state index contributed by atoms with van der Waals surface area (Å²) in [5.41, 5.74) is 0.0591. The molecule has 0 atom stereocenters. The van der Waals surface area contributed by atoms with Gasteiger partial charge in [0.1, 0.15) is 0 Å². The Kier molecular flexibility index (Phi) is 8.69. The second kappa shape index (κ2) is 11.4. The first-order valence-electron chi connectivity index (χ1n) is 8.57. The third-order valence-corrected chi connectivity index (χ3v) is 4.66. The highest BCUT2D eigenvalue weighted by Gasteiger charge is 1.98. The van der Waals surface area contributed by atoms with Crippen LogP contribution in [0, 0.1) is 0 Å². The highest BCUT2D eigenvalue weighted by Crippen LogP contribution is 2.15. The third kappa shape index (κ3) is 7.47. The van der Waals surface area contributed by atoms with Crippen molar-refractivity contribution in [3.05, 3.63) is 65.1 Å². The second-order valence-electron chi connectivity index (χ2n) is 5.53. The molecule has 2 aromatic rings. The Bertz CT molecular complexity index is 700. The predicted octanol–water partition coefficient (Wildman–Crippen LogP) is 2.59. The molecular formula is C19H26N4OS. The Morgan fingerprint density at radius 1 is 1.04 bits per heavy atom. The first-order valence-corrected chi connectivity index (χ1v) is 9.56. The lowest BCUT2D eigenvalue weighted by Crippen LogP contribution is -2.38. The molecule has 1 aromatic heterocycles. The molecule has 0 fully saturated rings. The molecule has 0 spiro atoms. The van der Waals surface area contributed by atoms with Crippen molar-refractivity contribution in [3.8, 4) is 0 Å². The summed E-state index contributed by atoms with van der Waals surface area (Å²) in [4.78, 5) is 17.1. The van der Waals surface area contributed by atoms with Crippen molar-refractivity contribution in [1.29, 1.82) is 0 Å². The van der Waals surface area contributed by atoms with E-state index in [0.29, 0.717) is 0 Å². The maximum absolute atomic E-state index is 11.6. The molecule has 0 saturated heterocycles. The van der Waals surface area contributed by atoms with E-state index in [4.69, 9.17) is 0 Å². The van der Waals surface area contributed by atoms with Crippen LogP contribution < -0.4 is 16.2 Å². The Morgan fingerprint density at radius 3 is 2.56 bits per heavy atom. The number of unbranched alkanes of at least 4 members (excludes halogenated alkanes) is 1. The largest absolute Gasteiger partial charge is 0.356 e.